The largest absolute Gasteiger partial charge is 0.255 e. The van der Waals surface area contributed by atoms with Crippen LogP contribution in [0.25, 0.3) is 28.2 Å². The first-order valence-electron chi connectivity index (χ1n) is 8.09. The SMILES string of the molecule is Cc1nc2ccc(C3CC3)nc2n2c(-c3cc(I)ccc3Cl)nnc12. The highest BCUT2D eigenvalue weighted by Gasteiger charge is 2.26. The molecule has 0 saturated heterocycles. The molecule has 5 rings (SSSR count). The second-order valence-corrected chi connectivity index (χ2v) is 8.01. The molecule has 5 nitrogen and oxygen atoms in total. The Kier molecular flexibility index (Phi) is 3.46. The molecule has 1 aliphatic rings. The van der Waals surface area contributed by atoms with Crippen LogP contribution in [0.15, 0.2) is 30.3 Å². The normalized spacial score (nSPS) is 14.5. The van der Waals surface area contributed by atoms with Crippen molar-refractivity contribution >= 4 is 51.0 Å². The van der Waals surface area contributed by atoms with Crippen LogP contribution in [0.4, 0.5) is 0 Å². The van der Waals surface area contributed by atoms with Gasteiger partial charge in [0.1, 0.15) is 5.52 Å². The Bertz CT molecular complexity index is 1150. The molecule has 0 radical (unpaired) electrons. The lowest BCUT2D eigenvalue weighted by Gasteiger charge is -2.08. The van der Waals surface area contributed by atoms with E-state index < -0.39 is 0 Å². The topological polar surface area (TPSA) is 56.0 Å². The molecule has 0 unspecified atom stereocenters. The molecule has 3 aromatic heterocycles. The molecule has 1 aromatic carbocycles. The molecular formula is C18H13ClIN5. The highest BCUT2D eigenvalue weighted by atomic mass is 127. The second kappa shape index (κ2) is 5.60. The quantitative estimate of drug-likeness (QED) is 0.403. The Hall–Kier alpha value is -1.80. The first kappa shape index (κ1) is 15.5. The van der Waals surface area contributed by atoms with Crippen LogP contribution in [-0.4, -0.2) is 24.6 Å². The average molecular weight is 462 g/mol. The maximum Gasteiger partial charge on any atom is 0.184 e. The van der Waals surface area contributed by atoms with Crippen molar-refractivity contribution in [3.05, 3.63) is 50.3 Å². The fraction of sp³-hybridized carbons (Fsp3) is 0.222. The number of benzene rings is 1. The first-order chi connectivity index (χ1) is 12.1. The van der Waals surface area contributed by atoms with E-state index in [4.69, 9.17) is 16.6 Å². The number of aromatic nitrogens is 5. The van der Waals surface area contributed by atoms with Crippen molar-refractivity contribution in [1.82, 2.24) is 24.6 Å². The zero-order chi connectivity index (χ0) is 17.1. The van der Waals surface area contributed by atoms with Gasteiger partial charge in [0.25, 0.3) is 0 Å². The summed E-state index contributed by atoms with van der Waals surface area (Å²) in [5.74, 6) is 1.27. The van der Waals surface area contributed by atoms with Gasteiger partial charge in [0.15, 0.2) is 17.1 Å². The molecule has 0 aliphatic heterocycles. The molecule has 4 aromatic rings. The molecular weight excluding hydrogens is 449 g/mol. The monoisotopic (exact) mass is 461 g/mol. The summed E-state index contributed by atoms with van der Waals surface area (Å²) in [6, 6.07) is 10.0. The van der Waals surface area contributed by atoms with Crippen molar-refractivity contribution in [2.75, 3.05) is 0 Å². The van der Waals surface area contributed by atoms with Crippen molar-refractivity contribution in [1.29, 1.82) is 0 Å². The molecule has 25 heavy (non-hydrogen) atoms. The Morgan fingerprint density at radius 2 is 1.92 bits per heavy atom. The summed E-state index contributed by atoms with van der Waals surface area (Å²) in [5, 5.41) is 9.42. The van der Waals surface area contributed by atoms with E-state index in [1.807, 2.05) is 35.6 Å². The molecule has 1 fully saturated rings. The predicted octanol–water partition coefficient (Wildman–Crippen LogP) is 4.78. The number of nitrogens with zero attached hydrogens (tertiary/aromatic N) is 5. The zero-order valence-corrected chi connectivity index (χ0v) is 16.3. The van der Waals surface area contributed by atoms with E-state index in [-0.39, 0.29) is 0 Å². The predicted molar refractivity (Wildman–Crippen MR) is 106 cm³/mol. The number of hydrogen-bond acceptors (Lipinski definition) is 4. The number of aryl methyl sites for hydroxylation is 1. The Labute approximate surface area is 162 Å². The minimum atomic E-state index is 0.571. The van der Waals surface area contributed by atoms with Crippen LogP contribution in [0.2, 0.25) is 5.02 Å². The van der Waals surface area contributed by atoms with Gasteiger partial charge in [-0.15, -0.1) is 10.2 Å². The number of fused-ring (bicyclic) bond motifs is 3. The molecule has 124 valence electrons. The van der Waals surface area contributed by atoms with Crippen molar-refractivity contribution in [2.24, 2.45) is 0 Å². The fourth-order valence-electron chi connectivity index (χ4n) is 3.11. The zero-order valence-electron chi connectivity index (χ0n) is 13.4. The number of halogens is 2. The van der Waals surface area contributed by atoms with Crippen LogP contribution in [-0.2, 0) is 0 Å². The van der Waals surface area contributed by atoms with Gasteiger partial charge in [-0.1, -0.05) is 11.6 Å². The van der Waals surface area contributed by atoms with E-state index in [1.165, 1.54) is 12.8 Å². The van der Waals surface area contributed by atoms with Crippen LogP contribution in [0.3, 0.4) is 0 Å². The summed E-state index contributed by atoms with van der Waals surface area (Å²) in [5.41, 5.74) is 5.16. The molecule has 7 heteroatoms. The van der Waals surface area contributed by atoms with Gasteiger partial charge in [-0.2, -0.15) is 0 Å². The lowest BCUT2D eigenvalue weighted by molar-refractivity contribution is 1.01. The molecule has 1 aliphatic carbocycles. The van der Waals surface area contributed by atoms with Crippen LogP contribution in [0.1, 0.15) is 30.1 Å². The maximum absolute atomic E-state index is 6.45. The van der Waals surface area contributed by atoms with Crippen LogP contribution in [0, 0.1) is 10.5 Å². The third kappa shape index (κ3) is 2.50. The molecule has 0 spiro atoms. The summed E-state index contributed by atoms with van der Waals surface area (Å²) in [6.07, 6.45) is 2.41. The Balaban J connectivity index is 1.89. The van der Waals surface area contributed by atoms with Crippen molar-refractivity contribution in [3.8, 4) is 11.4 Å². The van der Waals surface area contributed by atoms with Crippen LogP contribution >= 0.6 is 34.2 Å². The van der Waals surface area contributed by atoms with Crippen LogP contribution in [0.5, 0.6) is 0 Å². The number of pyridine rings is 1. The van der Waals surface area contributed by atoms with Crippen LogP contribution < -0.4 is 0 Å². The summed E-state index contributed by atoms with van der Waals surface area (Å²) < 4.78 is 3.08. The molecule has 0 bridgehead atoms. The van der Waals surface area contributed by atoms with E-state index in [9.17, 15) is 0 Å². The van der Waals surface area contributed by atoms with Gasteiger partial charge in [0, 0.05) is 20.7 Å². The Morgan fingerprint density at radius 1 is 1.08 bits per heavy atom. The van der Waals surface area contributed by atoms with E-state index in [0.717, 1.165) is 37.3 Å². The molecule has 0 amide bonds. The summed E-state index contributed by atoms with van der Waals surface area (Å²) in [4.78, 5) is 9.54. The minimum Gasteiger partial charge on any atom is -0.255 e. The van der Waals surface area contributed by atoms with Gasteiger partial charge in [0.2, 0.25) is 0 Å². The average Bonchev–Trinajstić information content (AvgIpc) is 3.35. The minimum absolute atomic E-state index is 0.571. The number of rotatable bonds is 2. The van der Waals surface area contributed by atoms with E-state index in [0.29, 0.717) is 16.8 Å². The van der Waals surface area contributed by atoms with Crippen molar-refractivity contribution in [2.45, 2.75) is 25.7 Å². The highest BCUT2D eigenvalue weighted by molar-refractivity contribution is 14.1. The highest BCUT2D eigenvalue weighted by Crippen LogP contribution is 2.39. The third-order valence-electron chi connectivity index (χ3n) is 4.53. The van der Waals surface area contributed by atoms with Gasteiger partial charge in [-0.3, -0.25) is 4.40 Å². The van der Waals surface area contributed by atoms with E-state index in [2.05, 4.69) is 43.8 Å². The number of hydrogen-bond donors (Lipinski definition) is 0. The maximum atomic E-state index is 6.45. The summed E-state index contributed by atoms with van der Waals surface area (Å²) in [7, 11) is 0. The molecule has 1 saturated carbocycles. The summed E-state index contributed by atoms with van der Waals surface area (Å²) >= 11 is 8.72. The standard InChI is InChI=1S/C18H13ClIN5/c1-9-16-23-24-17(12-8-11(20)4-5-13(12)19)25(16)18-15(21-9)7-6-14(22-18)10-2-3-10/h4-8,10H,2-3H2,1H3. The van der Waals surface area contributed by atoms with E-state index >= 15 is 0 Å². The smallest absolute Gasteiger partial charge is 0.184 e. The molecule has 3 heterocycles. The lowest BCUT2D eigenvalue weighted by atomic mass is 10.2. The fourth-order valence-corrected chi connectivity index (χ4v) is 3.80. The van der Waals surface area contributed by atoms with Gasteiger partial charge in [-0.05, 0) is 72.7 Å². The van der Waals surface area contributed by atoms with Crippen molar-refractivity contribution < 1.29 is 0 Å². The first-order valence-corrected chi connectivity index (χ1v) is 9.55. The van der Waals surface area contributed by atoms with E-state index in [1.54, 1.807) is 0 Å². The lowest BCUT2D eigenvalue weighted by Crippen LogP contribution is -2.01. The van der Waals surface area contributed by atoms with Crippen molar-refractivity contribution in [3.63, 3.8) is 0 Å². The summed E-state index contributed by atoms with van der Waals surface area (Å²) in [6.45, 7) is 1.94. The molecule has 0 atom stereocenters. The van der Waals surface area contributed by atoms with Gasteiger partial charge < -0.3 is 0 Å². The van der Waals surface area contributed by atoms with Gasteiger partial charge in [0.05, 0.1) is 10.7 Å². The second-order valence-electron chi connectivity index (χ2n) is 6.36. The van der Waals surface area contributed by atoms with Gasteiger partial charge in [-0.25, -0.2) is 9.97 Å². The van der Waals surface area contributed by atoms with Gasteiger partial charge >= 0.3 is 0 Å². The Morgan fingerprint density at radius 3 is 2.72 bits per heavy atom. The third-order valence-corrected chi connectivity index (χ3v) is 5.53. The molecule has 0 N–H and O–H groups in total.